The van der Waals surface area contributed by atoms with Crippen LogP contribution in [0.3, 0.4) is 0 Å². The molecule has 0 radical (unpaired) electrons. The van der Waals surface area contributed by atoms with Crippen molar-refractivity contribution in [2.45, 2.75) is 18.9 Å². The first-order valence-electron chi connectivity index (χ1n) is 4.69. The Bertz CT molecular complexity index is 326. The van der Waals surface area contributed by atoms with Crippen LogP contribution in [0.15, 0.2) is 30.3 Å². The third-order valence-corrected chi connectivity index (χ3v) is 2.10. The van der Waals surface area contributed by atoms with Crippen molar-refractivity contribution in [3.63, 3.8) is 0 Å². The number of nitrogens with two attached hydrogens (primary N) is 1. The minimum absolute atomic E-state index is 0.259. The fraction of sp³-hybridized carbons (Fsp3) is 0.364. The fourth-order valence-electron chi connectivity index (χ4n) is 1.39. The van der Waals surface area contributed by atoms with E-state index in [-0.39, 0.29) is 6.61 Å². The Labute approximate surface area is 88.7 Å². The zero-order valence-corrected chi connectivity index (χ0v) is 8.64. The molecule has 1 aromatic rings. The van der Waals surface area contributed by atoms with Gasteiger partial charge in [-0.25, -0.2) is 4.79 Å². The average Bonchev–Trinajstić information content (AvgIpc) is 2.18. The third kappa shape index (κ3) is 3.59. The maximum atomic E-state index is 10.7. The molecular formula is C11H15NO3. The first-order valence-corrected chi connectivity index (χ1v) is 4.69. The number of amides is 1. The van der Waals surface area contributed by atoms with Gasteiger partial charge < -0.3 is 15.6 Å². The molecule has 0 bridgehead atoms. The number of hydrogen-bond acceptors (Lipinski definition) is 3. The molecular weight excluding hydrogens is 194 g/mol. The molecule has 0 aliphatic carbocycles. The lowest BCUT2D eigenvalue weighted by Crippen LogP contribution is -2.39. The SMILES string of the molecule is C[C@@](CO)(Cc1ccccc1)OC(N)=O. The first kappa shape index (κ1) is 11.5. The summed E-state index contributed by atoms with van der Waals surface area (Å²) in [7, 11) is 0. The van der Waals surface area contributed by atoms with E-state index in [1.807, 2.05) is 30.3 Å². The topological polar surface area (TPSA) is 72.6 Å². The summed E-state index contributed by atoms with van der Waals surface area (Å²) < 4.78 is 4.88. The standard InChI is InChI=1S/C11H15NO3/c1-11(8-13,15-10(12)14)7-9-5-3-2-4-6-9/h2-6,13H,7-8H2,1H3,(H2,12,14)/t11-/m0/s1. The molecule has 1 aromatic carbocycles. The molecule has 0 aromatic heterocycles. The lowest BCUT2D eigenvalue weighted by atomic mass is 9.97. The number of aliphatic hydroxyl groups is 1. The van der Waals surface area contributed by atoms with Crippen LogP contribution in [0, 0.1) is 0 Å². The number of benzene rings is 1. The molecule has 1 amide bonds. The minimum atomic E-state index is -0.951. The van der Waals surface area contributed by atoms with Crippen molar-refractivity contribution in [3.05, 3.63) is 35.9 Å². The van der Waals surface area contributed by atoms with Crippen LogP contribution in [-0.4, -0.2) is 23.4 Å². The lowest BCUT2D eigenvalue weighted by Gasteiger charge is -2.26. The van der Waals surface area contributed by atoms with E-state index in [2.05, 4.69) is 0 Å². The number of hydrogen-bond donors (Lipinski definition) is 2. The second-order valence-electron chi connectivity index (χ2n) is 3.69. The summed E-state index contributed by atoms with van der Waals surface area (Å²) in [6.07, 6.45) is -0.435. The van der Waals surface area contributed by atoms with E-state index in [9.17, 15) is 4.79 Å². The molecule has 0 aliphatic rings. The molecule has 4 heteroatoms. The molecule has 1 rings (SSSR count). The smallest absolute Gasteiger partial charge is 0.405 e. The van der Waals surface area contributed by atoms with E-state index in [1.165, 1.54) is 0 Å². The Morgan fingerprint density at radius 2 is 2.07 bits per heavy atom. The van der Waals surface area contributed by atoms with Gasteiger partial charge in [0.1, 0.15) is 5.60 Å². The highest BCUT2D eigenvalue weighted by atomic mass is 16.6. The monoisotopic (exact) mass is 209 g/mol. The van der Waals surface area contributed by atoms with Crippen molar-refractivity contribution < 1.29 is 14.6 Å². The van der Waals surface area contributed by atoms with Crippen molar-refractivity contribution >= 4 is 6.09 Å². The van der Waals surface area contributed by atoms with E-state index in [0.717, 1.165) is 5.56 Å². The molecule has 0 heterocycles. The van der Waals surface area contributed by atoms with Gasteiger partial charge in [0.05, 0.1) is 6.61 Å². The van der Waals surface area contributed by atoms with Gasteiger partial charge in [-0.05, 0) is 12.5 Å². The second kappa shape index (κ2) is 4.79. The Kier molecular flexibility index (Phi) is 3.68. The third-order valence-electron chi connectivity index (χ3n) is 2.10. The van der Waals surface area contributed by atoms with Gasteiger partial charge in [-0.15, -0.1) is 0 Å². The highest BCUT2D eigenvalue weighted by Crippen LogP contribution is 2.16. The van der Waals surface area contributed by atoms with E-state index >= 15 is 0 Å². The summed E-state index contributed by atoms with van der Waals surface area (Å²) in [6, 6.07) is 9.47. The quantitative estimate of drug-likeness (QED) is 0.779. The van der Waals surface area contributed by atoms with Crippen LogP contribution in [0.4, 0.5) is 4.79 Å². The van der Waals surface area contributed by atoms with Crippen molar-refractivity contribution in [1.29, 1.82) is 0 Å². The summed E-state index contributed by atoms with van der Waals surface area (Å²) in [5.41, 5.74) is 4.97. The number of carbonyl (C=O) groups is 1. The number of aliphatic hydroxyl groups excluding tert-OH is 1. The van der Waals surface area contributed by atoms with Crippen molar-refractivity contribution in [2.75, 3.05) is 6.61 Å². The zero-order chi connectivity index (χ0) is 11.3. The fourth-order valence-corrected chi connectivity index (χ4v) is 1.39. The predicted molar refractivity (Wildman–Crippen MR) is 56.3 cm³/mol. The van der Waals surface area contributed by atoms with Gasteiger partial charge in [-0.2, -0.15) is 0 Å². The summed E-state index contributed by atoms with van der Waals surface area (Å²) in [5.74, 6) is 0. The van der Waals surface area contributed by atoms with Gasteiger partial charge in [0.15, 0.2) is 0 Å². The number of primary amides is 1. The summed E-state index contributed by atoms with van der Waals surface area (Å²) in [4.78, 5) is 10.7. The Balaban J connectivity index is 2.72. The van der Waals surface area contributed by atoms with Gasteiger partial charge in [0, 0.05) is 6.42 Å². The molecule has 0 aliphatic heterocycles. The largest absolute Gasteiger partial charge is 0.441 e. The van der Waals surface area contributed by atoms with Gasteiger partial charge >= 0.3 is 6.09 Å². The molecule has 0 saturated heterocycles. The van der Waals surface area contributed by atoms with Crippen LogP contribution in [0.25, 0.3) is 0 Å². The second-order valence-corrected chi connectivity index (χ2v) is 3.69. The maximum Gasteiger partial charge on any atom is 0.405 e. The normalized spacial score (nSPS) is 14.3. The molecule has 3 N–H and O–H groups in total. The summed E-state index contributed by atoms with van der Waals surface area (Å²) in [5, 5.41) is 9.16. The van der Waals surface area contributed by atoms with Gasteiger partial charge in [0.25, 0.3) is 0 Å². The zero-order valence-electron chi connectivity index (χ0n) is 8.64. The Morgan fingerprint density at radius 3 is 2.53 bits per heavy atom. The summed E-state index contributed by atoms with van der Waals surface area (Å²) >= 11 is 0. The van der Waals surface area contributed by atoms with Gasteiger partial charge in [-0.3, -0.25) is 0 Å². The van der Waals surface area contributed by atoms with Crippen LogP contribution in [0.1, 0.15) is 12.5 Å². The molecule has 15 heavy (non-hydrogen) atoms. The van der Waals surface area contributed by atoms with E-state index in [1.54, 1.807) is 6.92 Å². The van der Waals surface area contributed by atoms with Gasteiger partial charge in [0.2, 0.25) is 0 Å². The van der Waals surface area contributed by atoms with Crippen molar-refractivity contribution in [3.8, 4) is 0 Å². The lowest BCUT2D eigenvalue weighted by molar-refractivity contribution is -0.0122. The highest BCUT2D eigenvalue weighted by Gasteiger charge is 2.27. The first-order chi connectivity index (χ1) is 7.06. The van der Waals surface area contributed by atoms with E-state index in [4.69, 9.17) is 15.6 Å². The average molecular weight is 209 g/mol. The Morgan fingerprint density at radius 1 is 1.47 bits per heavy atom. The summed E-state index contributed by atoms with van der Waals surface area (Å²) in [6.45, 7) is 1.38. The van der Waals surface area contributed by atoms with Crippen molar-refractivity contribution in [1.82, 2.24) is 0 Å². The van der Waals surface area contributed by atoms with Crippen molar-refractivity contribution in [2.24, 2.45) is 5.73 Å². The Hall–Kier alpha value is -1.55. The molecule has 0 fully saturated rings. The van der Waals surface area contributed by atoms with E-state index in [0.29, 0.717) is 6.42 Å². The van der Waals surface area contributed by atoms with Crippen LogP contribution in [-0.2, 0) is 11.2 Å². The van der Waals surface area contributed by atoms with Crippen LogP contribution < -0.4 is 5.73 Å². The van der Waals surface area contributed by atoms with Crippen LogP contribution in [0.2, 0.25) is 0 Å². The van der Waals surface area contributed by atoms with Crippen LogP contribution in [0.5, 0.6) is 0 Å². The molecule has 0 spiro atoms. The number of ether oxygens (including phenoxy) is 1. The van der Waals surface area contributed by atoms with Gasteiger partial charge in [-0.1, -0.05) is 30.3 Å². The number of carbonyl (C=O) groups excluding carboxylic acids is 1. The number of rotatable bonds is 4. The van der Waals surface area contributed by atoms with Crippen LogP contribution >= 0.6 is 0 Å². The molecule has 0 unspecified atom stereocenters. The molecule has 1 atom stereocenters. The van der Waals surface area contributed by atoms with E-state index < -0.39 is 11.7 Å². The maximum absolute atomic E-state index is 10.7. The highest BCUT2D eigenvalue weighted by molar-refractivity contribution is 5.65. The molecule has 82 valence electrons. The molecule has 4 nitrogen and oxygen atoms in total. The predicted octanol–water partition coefficient (Wildman–Crippen LogP) is 1.08. The minimum Gasteiger partial charge on any atom is -0.441 e. The molecule has 0 saturated carbocycles.